The van der Waals surface area contributed by atoms with Gasteiger partial charge in [0, 0.05) is 5.92 Å². The molecule has 1 unspecified atom stereocenters. The van der Waals surface area contributed by atoms with Crippen molar-refractivity contribution in [3.05, 3.63) is 12.2 Å². The largest absolute Gasteiger partial charge is 0.480 e. The number of aliphatic carboxylic acids is 1. The molecule has 0 spiro atoms. The predicted octanol–water partition coefficient (Wildman–Crippen LogP) is 1.39. The first-order valence-corrected chi connectivity index (χ1v) is 4.28. The van der Waals surface area contributed by atoms with Crippen LogP contribution in [0.4, 0.5) is 0 Å². The normalized spacial score (nSPS) is 16.2. The predicted molar refractivity (Wildman–Crippen MR) is 48.8 cm³/mol. The maximum absolute atomic E-state index is 10.5. The Bertz CT molecular complexity index is 166. The summed E-state index contributed by atoms with van der Waals surface area (Å²) in [6, 6.07) is -0.766. The van der Waals surface area contributed by atoms with Crippen molar-refractivity contribution in [2.45, 2.75) is 32.7 Å². The van der Waals surface area contributed by atoms with Crippen LogP contribution in [0.5, 0.6) is 0 Å². The lowest BCUT2D eigenvalue weighted by molar-refractivity contribution is -0.139. The van der Waals surface area contributed by atoms with Gasteiger partial charge in [0.1, 0.15) is 6.04 Å². The number of carboxylic acid groups (broad SMARTS) is 1. The second-order valence-corrected chi connectivity index (χ2v) is 2.77. The van der Waals surface area contributed by atoms with E-state index in [9.17, 15) is 4.79 Å². The summed E-state index contributed by atoms with van der Waals surface area (Å²) in [5.41, 5.74) is 5.46. The lowest BCUT2D eigenvalue weighted by Crippen LogP contribution is -2.36. The molecule has 0 saturated carbocycles. The van der Waals surface area contributed by atoms with Crippen LogP contribution in [0.1, 0.15) is 26.7 Å². The van der Waals surface area contributed by atoms with Gasteiger partial charge in [0.25, 0.3) is 0 Å². The van der Waals surface area contributed by atoms with Crippen LogP contribution in [0.25, 0.3) is 0 Å². The van der Waals surface area contributed by atoms with Gasteiger partial charge in [-0.25, -0.2) is 0 Å². The molecule has 0 aromatic carbocycles. The van der Waals surface area contributed by atoms with Crippen LogP contribution in [-0.4, -0.2) is 17.1 Å². The van der Waals surface area contributed by atoms with E-state index in [1.807, 2.05) is 26.0 Å². The van der Waals surface area contributed by atoms with Crippen molar-refractivity contribution >= 4 is 5.97 Å². The SMILES string of the molecule is CC/C=C\C(CC)[C@H](N)C(=O)O. The Labute approximate surface area is 73.3 Å². The fraction of sp³-hybridized carbons (Fsp3) is 0.667. The molecule has 0 heterocycles. The number of carbonyl (C=O) groups is 1. The zero-order chi connectivity index (χ0) is 9.56. The minimum Gasteiger partial charge on any atom is -0.480 e. The summed E-state index contributed by atoms with van der Waals surface area (Å²) in [6.45, 7) is 3.95. The van der Waals surface area contributed by atoms with E-state index < -0.39 is 12.0 Å². The molecule has 0 radical (unpaired) electrons. The van der Waals surface area contributed by atoms with Gasteiger partial charge < -0.3 is 10.8 Å². The third-order valence-corrected chi connectivity index (χ3v) is 1.84. The Morgan fingerprint density at radius 2 is 2.17 bits per heavy atom. The second-order valence-electron chi connectivity index (χ2n) is 2.77. The van der Waals surface area contributed by atoms with Crippen LogP contribution >= 0.6 is 0 Å². The number of hydrogen-bond donors (Lipinski definition) is 2. The lowest BCUT2D eigenvalue weighted by Gasteiger charge is -2.14. The summed E-state index contributed by atoms with van der Waals surface area (Å²) in [7, 11) is 0. The number of allylic oxidation sites excluding steroid dienone is 1. The standard InChI is InChI=1S/C9H17NO2/c1-3-5-6-7(4-2)8(10)9(11)12/h5-8H,3-4,10H2,1-2H3,(H,11,12)/b6-5-/t7?,8-/m0/s1. The summed E-state index contributed by atoms with van der Waals surface area (Å²) >= 11 is 0. The number of nitrogens with two attached hydrogens (primary N) is 1. The van der Waals surface area contributed by atoms with Gasteiger partial charge in [0.15, 0.2) is 0 Å². The molecule has 0 aromatic heterocycles. The van der Waals surface area contributed by atoms with Crippen LogP contribution in [0, 0.1) is 5.92 Å². The third-order valence-electron chi connectivity index (χ3n) is 1.84. The zero-order valence-corrected chi connectivity index (χ0v) is 7.66. The smallest absolute Gasteiger partial charge is 0.321 e. The molecule has 0 amide bonds. The molecule has 3 heteroatoms. The Kier molecular flexibility index (Phi) is 5.37. The molecule has 12 heavy (non-hydrogen) atoms. The van der Waals surface area contributed by atoms with Crippen LogP contribution in [0.15, 0.2) is 12.2 Å². The van der Waals surface area contributed by atoms with Gasteiger partial charge in [-0.2, -0.15) is 0 Å². The second kappa shape index (κ2) is 5.77. The molecule has 0 rings (SSSR count). The molecule has 3 nitrogen and oxygen atoms in total. The zero-order valence-electron chi connectivity index (χ0n) is 7.66. The van der Waals surface area contributed by atoms with Gasteiger partial charge in [-0.05, 0) is 12.8 Å². The molecular weight excluding hydrogens is 154 g/mol. The van der Waals surface area contributed by atoms with Crippen LogP contribution in [-0.2, 0) is 4.79 Å². The van der Waals surface area contributed by atoms with E-state index in [0.29, 0.717) is 0 Å². The Hall–Kier alpha value is -0.830. The molecule has 0 saturated heterocycles. The summed E-state index contributed by atoms with van der Waals surface area (Å²) in [4.78, 5) is 10.5. The highest BCUT2D eigenvalue weighted by Crippen LogP contribution is 2.09. The molecule has 0 aliphatic heterocycles. The third kappa shape index (κ3) is 3.53. The van der Waals surface area contributed by atoms with E-state index in [2.05, 4.69) is 0 Å². The highest BCUT2D eigenvalue weighted by Gasteiger charge is 2.19. The van der Waals surface area contributed by atoms with Crippen molar-refractivity contribution < 1.29 is 9.90 Å². The van der Waals surface area contributed by atoms with E-state index >= 15 is 0 Å². The van der Waals surface area contributed by atoms with E-state index in [-0.39, 0.29) is 5.92 Å². The molecule has 0 fully saturated rings. The quantitative estimate of drug-likeness (QED) is 0.614. The van der Waals surface area contributed by atoms with Crippen molar-refractivity contribution in [2.24, 2.45) is 11.7 Å². The summed E-state index contributed by atoms with van der Waals surface area (Å²) in [5.74, 6) is -0.968. The topological polar surface area (TPSA) is 63.3 Å². The van der Waals surface area contributed by atoms with E-state index in [1.165, 1.54) is 0 Å². The van der Waals surface area contributed by atoms with Crippen molar-refractivity contribution in [1.29, 1.82) is 0 Å². The molecule has 0 aliphatic rings. The summed E-state index contributed by atoms with van der Waals surface area (Å²) in [5, 5.41) is 8.62. The first kappa shape index (κ1) is 11.2. The van der Waals surface area contributed by atoms with Gasteiger partial charge in [-0.15, -0.1) is 0 Å². The maximum atomic E-state index is 10.5. The van der Waals surface area contributed by atoms with Crippen LogP contribution in [0.2, 0.25) is 0 Å². The first-order chi connectivity index (χ1) is 5.63. The molecular formula is C9H17NO2. The monoisotopic (exact) mass is 171 g/mol. The van der Waals surface area contributed by atoms with E-state index in [0.717, 1.165) is 12.8 Å². The number of carboxylic acids is 1. The van der Waals surface area contributed by atoms with Gasteiger partial charge in [0.2, 0.25) is 0 Å². The molecule has 70 valence electrons. The van der Waals surface area contributed by atoms with Crippen LogP contribution < -0.4 is 5.73 Å². The minimum absolute atomic E-state index is 0.0394. The molecule has 2 atom stereocenters. The van der Waals surface area contributed by atoms with Crippen molar-refractivity contribution in [2.75, 3.05) is 0 Å². The first-order valence-electron chi connectivity index (χ1n) is 4.28. The van der Waals surface area contributed by atoms with Crippen molar-refractivity contribution in [1.82, 2.24) is 0 Å². The lowest BCUT2D eigenvalue weighted by atomic mass is 9.97. The Balaban J connectivity index is 4.14. The molecule has 3 N–H and O–H groups in total. The van der Waals surface area contributed by atoms with E-state index in [4.69, 9.17) is 10.8 Å². The van der Waals surface area contributed by atoms with Crippen molar-refractivity contribution in [3.63, 3.8) is 0 Å². The van der Waals surface area contributed by atoms with E-state index in [1.54, 1.807) is 0 Å². The fourth-order valence-electron chi connectivity index (χ4n) is 1.00. The molecule has 0 aromatic rings. The Morgan fingerprint density at radius 3 is 2.50 bits per heavy atom. The summed E-state index contributed by atoms with van der Waals surface area (Å²) < 4.78 is 0. The summed E-state index contributed by atoms with van der Waals surface area (Å²) in [6.07, 6.45) is 5.53. The molecule has 0 bridgehead atoms. The average molecular weight is 171 g/mol. The number of rotatable bonds is 5. The van der Waals surface area contributed by atoms with Gasteiger partial charge in [-0.1, -0.05) is 26.0 Å². The van der Waals surface area contributed by atoms with Gasteiger partial charge >= 0.3 is 5.97 Å². The molecule has 0 aliphatic carbocycles. The minimum atomic E-state index is -0.928. The highest BCUT2D eigenvalue weighted by atomic mass is 16.4. The van der Waals surface area contributed by atoms with Crippen LogP contribution in [0.3, 0.4) is 0 Å². The van der Waals surface area contributed by atoms with Gasteiger partial charge in [-0.3, -0.25) is 4.79 Å². The highest BCUT2D eigenvalue weighted by molar-refractivity contribution is 5.73. The Morgan fingerprint density at radius 1 is 1.58 bits per heavy atom. The van der Waals surface area contributed by atoms with Gasteiger partial charge in [0.05, 0.1) is 0 Å². The maximum Gasteiger partial charge on any atom is 0.321 e. The fourth-order valence-corrected chi connectivity index (χ4v) is 1.00. The average Bonchev–Trinajstić information content (AvgIpc) is 2.05. The number of hydrogen-bond acceptors (Lipinski definition) is 2. The van der Waals surface area contributed by atoms with Crippen molar-refractivity contribution in [3.8, 4) is 0 Å².